The average Bonchev–Trinajstić information content (AvgIpc) is 2.48. The second-order valence-electron chi connectivity index (χ2n) is 4.75. The molecule has 4 N–H and O–H groups in total. The van der Waals surface area contributed by atoms with Gasteiger partial charge >= 0.3 is 5.97 Å². The van der Waals surface area contributed by atoms with Crippen molar-refractivity contribution < 1.29 is 19.7 Å². The molecule has 0 unspecified atom stereocenters. The third-order valence-electron chi connectivity index (χ3n) is 3.01. The highest BCUT2D eigenvalue weighted by atomic mass is 16.5. The fraction of sp³-hybridized carbons (Fsp3) is 0.188. The molecule has 0 saturated heterocycles. The van der Waals surface area contributed by atoms with Gasteiger partial charge in [0.2, 0.25) is 0 Å². The fourth-order valence-corrected chi connectivity index (χ4v) is 1.82. The van der Waals surface area contributed by atoms with Crippen LogP contribution in [0.5, 0.6) is 11.5 Å². The minimum Gasteiger partial charge on any atom is -0.508 e. The zero-order valence-corrected chi connectivity index (χ0v) is 11.4. The predicted molar refractivity (Wildman–Crippen MR) is 77.7 cm³/mol. The van der Waals surface area contributed by atoms with E-state index in [-0.39, 0.29) is 18.1 Å². The molecule has 0 aliphatic carbocycles. The van der Waals surface area contributed by atoms with E-state index >= 15 is 0 Å². The Morgan fingerprint density at radius 1 is 0.952 bits per heavy atom. The number of benzene rings is 2. The summed E-state index contributed by atoms with van der Waals surface area (Å²) >= 11 is 0. The first-order chi connectivity index (χ1) is 10.0. The van der Waals surface area contributed by atoms with Crippen molar-refractivity contribution in [1.82, 2.24) is 0 Å². The quantitative estimate of drug-likeness (QED) is 0.728. The molecule has 0 aliphatic heterocycles. The molecule has 21 heavy (non-hydrogen) atoms. The van der Waals surface area contributed by atoms with Gasteiger partial charge in [-0.05, 0) is 41.8 Å². The Balaban J connectivity index is 1.84. The zero-order valence-electron chi connectivity index (χ0n) is 11.4. The molecule has 0 amide bonds. The largest absolute Gasteiger partial charge is 0.508 e. The second kappa shape index (κ2) is 6.76. The Bertz CT molecular complexity index is 593. The number of phenolic OH excluding ortho intramolecular Hbond substituents is 2. The number of carbonyl (C=O) groups is 1. The average molecular weight is 287 g/mol. The van der Waals surface area contributed by atoms with Gasteiger partial charge in [0.15, 0.2) is 0 Å². The summed E-state index contributed by atoms with van der Waals surface area (Å²) in [6.07, 6.45) is 0.342. The van der Waals surface area contributed by atoms with Crippen LogP contribution in [0, 0.1) is 0 Å². The summed E-state index contributed by atoms with van der Waals surface area (Å²) in [6, 6.07) is 12.2. The van der Waals surface area contributed by atoms with Gasteiger partial charge in [-0.25, -0.2) is 0 Å². The van der Waals surface area contributed by atoms with E-state index in [0.717, 1.165) is 11.1 Å². The third kappa shape index (κ3) is 4.50. The smallest absolute Gasteiger partial charge is 0.323 e. The lowest BCUT2D eigenvalue weighted by Crippen LogP contribution is -2.34. The highest BCUT2D eigenvalue weighted by molar-refractivity contribution is 5.75. The van der Waals surface area contributed by atoms with Gasteiger partial charge in [0.1, 0.15) is 24.1 Å². The van der Waals surface area contributed by atoms with E-state index in [4.69, 9.17) is 15.6 Å². The number of hydrogen-bond acceptors (Lipinski definition) is 5. The summed E-state index contributed by atoms with van der Waals surface area (Å²) in [5, 5.41) is 18.3. The molecule has 2 aromatic carbocycles. The Hall–Kier alpha value is -2.53. The van der Waals surface area contributed by atoms with Crippen LogP contribution in [0.4, 0.5) is 0 Å². The number of hydrogen-bond donors (Lipinski definition) is 3. The van der Waals surface area contributed by atoms with Crippen LogP contribution >= 0.6 is 0 Å². The standard InChI is InChI=1S/C16H17NO4/c17-15(9-11-1-5-13(18)6-2-11)16(20)21-10-12-3-7-14(19)8-4-12/h1-8,15,18-19H,9-10,17H2/t15-/m0/s1. The first-order valence-electron chi connectivity index (χ1n) is 6.52. The van der Waals surface area contributed by atoms with Crippen molar-refractivity contribution in [3.8, 4) is 11.5 Å². The summed E-state index contributed by atoms with van der Waals surface area (Å²) in [5.41, 5.74) is 7.42. The normalized spacial score (nSPS) is 11.9. The molecule has 0 aromatic heterocycles. The zero-order chi connectivity index (χ0) is 15.2. The highest BCUT2D eigenvalue weighted by Gasteiger charge is 2.15. The van der Waals surface area contributed by atoms with E-state index in [2.05, 4.69) is 0 Å². The van der Waals surface area contributed by atoms with E-state index in [0.29, 0.717) is 6.42 Å². The van der Waals surface area contributed by atoms with Crippen LogP contribution in [-0.2, 0) is 22.6 Å². The van der Waals surface area contributed by atoms with Crippen molar-refractivity contribution in [2.24, 2.45) is 5.73 Å². The number of aromatic hydroxyl groups is 2. The topological polar surface area (TPSA) is 92.8 Å². The maximum Gasteiger partial charge on any atom is 0.323 e. The molecule has 5 nitrogen and oxygen atoms in total. The Labute approximate surface area is 122 Å². The molecule has 2 aromatic rings. The van der Waals surface area contributed by atoms with Crippen molar-refractivity contribution in [2.75, 3.05) is 0 Å². The summed E-state index contributed by atoms with van der Waals surface area (Å²) < 4.78 is 5.13. The number of ether oxygens (including phenoxy) is 1. The molecule has 0 saturated carbocycles. The van der Waals surface area contributed by atoms with Crippen molar-refractivity contribution in [3.63, 3.8) is 0 Å². The number of nitrogens with two attached hydrogens (primary N) is 1. The number of esters is 1. The van der Waals surface area contributed by atoms with Crippen LogP contribution in [0.15, 0.2) is 48.5 Å². The van der Waals surface area contributed by atoms with Gasteiger partial charge in [0, 0.05) is 0 Å². The Morgan fingerprint density at radius 2 is 1.43 bits per heavy atom. The van der Waals surface area contributed by atoms with E-state index in [1.165, 1.54) is 12.1 Å². The lowest BCUT2D eigenvalue weighted by molar-refractivity contribution is -0.146. The molecule has 0 heterocycles. The van der Waals surface area contributed by atoms with Gasteiger partial charge in [-0.3, -0.25) is 4.79 Å². The van der Waals surface area contributed by atoms with Crippen molar-refractivity contribution >= 4 is 5.97 Å². The summed E-state index contributed by atoms with van der Waals surface area (Å²) in [7, 11) is 0. The van der Waals surface area contributed by atoms with Gasteiger partial charge in [-0.1, -0.05) is 24.3 Å². The van der Waals surface area contributed by atoms with Gasteiger partial charge < -0.3 is 20.7 Å². The van der Waals surface area contributed by atoms with E-state index in [1.807, 2.05) is 0 Å². The molecular formula is C16H17NO4. The molecular weight excluding hydrogens is 270 g/mol. The fourth-order valence-electron chi connectivity index (χ4n) is 1.82. The Morgan fingerprint density at radius 3 is 1.95 bits per heavy atom. The molecule has 0 bridgehead atoms. The SMILES string of the molecule is N[C@@H](Cc1ccc(O)cc1)C(=O)OCc1ccc(O)cc1. The second-order valence-corrected chi connectivity index (χ2v) is 4.75. The molecule has 0 radical (unpaired) electrons. The number of phenols is 2. The summed E-state index contributed by atoms with van der Waals surface area (Å²) in [4.78, 5) is 11.8. The maximum absolute atomic E-state index is 11.8. The molecule has 2 rings (SSSR count). The van der Waals surface area contributed by atoms with Crippen LogP contribution in [0.3, 0.4) is 0 Å². The maximum atomic E-state index is 11.8. The minimum absolute atomic E-state index is 0.113. The highest BCUT2D eigenvalue weighted by Crippen LogP contribution is 2.13. The first kappa shape index (κ1) is 14.9. The molecule has 0 spiro atoms. The molecule has 0 aliphatic rings. The van der Waals surface area contributed by atoms with Crippen molar-refractivity contribution in [1.29, 1.82) is 0 Å². The van der Waals surface area contributed by atoms with Crippen molar-refractivity contribution in [2.45, 2.75) is 19.1 Å². The third-order valence-corrected chi connectivity index (χ3v) is 3.01. The summed E-state index contributed by atoms with van der Waals surface area (Å²) in [6.45, 7) is 0.113. The molecule has 0 fully saturated rings. The van der Waals surface area contributed by atoms with Gasteiger partial charge in [-0.2, -0.15) is 0 Å². The van der Waals surface area contributed by atoms with E-state index in [1.54, 1.807) is 36.4 Å². The summed E-state index contributed by atoms with van der Waals surface area (Å²) in [5.74, 6) is -0.160. The van der Waals surface area contributed by atoms with Crippen molar-refractivity contribution in [3.05, 3.63) is 59.7 Å². The number of rotatable bonds is 5. The van der Waals surface area contributed by atoms with E-state index < -0.39 is 12.0 Å². The van der Waals surface area contributed by atoms with E-state index in [9.17, 15) is 9.90 Å². The van der Waals surface area contributed by atoms with Gasteiger partial charge in [-0.15, -0.1) is 0 Å². The van der Waals surface area contributed by atoms with Crippen LogP contribution in [0.2, 0.25) is 0 Å². The van der Waals surface area contributed by atoms with Crippen LogP contribution in [-0.4, -0.2) is 22.2 Å². The van der Waals surface area contributed by atoms with Gasteiger partial charge in [0.25, 0.3) is 0 Å². The lowest BCUT2D eigenvalue weighted by Gasteiger charge is -2.12. The molecule has 1 atom stereocenters. The Kier molecular flexibility index (Phi) is 4.79. The predicted octanol–water partition coefficient (Wildman–Crippen LogP) is 1.71. The first-order valence-corrected chi connectivity index (χ1v) is 6.52. The molecule has 110 valence electrons. The van der Waals surface area contributed by atoms with Gasteiger partial charge in [0.05, 0.1) is 0 Å². The van der Waals surface area contributed by atoms with Crippen LogP contribution < -0.4 is 5.73 Å². The monoisotopic (exact) mass is 287 g/mol. The molecule has 5 heteroatoms. The number of carbonyl (C=O) groups excluding carboxylic acids is 1. The van der Waals surface area contributed by atoms with Crippen LogP contribution in [0.25, 0.3) is 0 Å². The van der Waals surface area contributed by atoms with Crippen LogP contribution in [0.1, 0.15) is 11.1 Å². The minimum atomic E-state index is -0.758. The lowest BCUT2D eigenvalue weighted by atomic mass is 10.1.